The van der Waals surface area contributed by atoms with E-state index in [1.54, 1.807) is 0 Å². The lowest BCUT2D eigenvalue weighted by molar-refractivity contribution is 0.247. The van der Waals surface area contributed by atoms with Gasteiger partial charge in [-0.05, 0) is 27.7 Å². The van der Waals surface area contributed by atoms with Crippen LogP contribution in [0.3, 0.4) is 0 Å². The van der Waals surface area contributed by atoms with E-state index in [9.17, 15) is 0 Å². The summed E-state index contributed by atoms with van der Waals surface area (Å²) in [6.45, 7) is 9.30. The largest absolute Gasteiger partial charge is 0.295 e. The van der Waals surface area contributed by atoms with Gasteiger partial charge >= 0.3 is 0 Å². The maximum absolute atomic E-state index is 4.15. The summed E-state index contributed by atoms with van der Waals surface area (Å²) in [5.74, 6) is 0. The normalized spacial score (nSPS) is 11.2. The molecule has 0 aliphatic carbocycles. The molecule has 0 fully saturated rings. The molecule has 0 aromatic heterocycles. The van der Waals surface area contributed by atoms with E-state index in [1.807, 2.05) is 18.1 Å². The molecule has 0 atom stereocenters. The Kier molecular flexibility index (Phi) is 4.10. The van der Waals surface area contributed by atoms with Gasteiger partial charge < -0.3 is 0 Å². The van der Waals surface area contributed by atoms with Crippen LogP contribution in [-0.2, 0) is 0 Å². The molecular formula is C7H16N2. The molecule has 0 aromatic rings. The zero-order chi connectivity index (χ0) is 7.28. The molecule has 0 aliphatic heterocycles. The highest BCUT2D eigenvalue weighted by molar-refractivity contribution is 5.52. The molecule has 0 spiro atoms. The first-order chi connectivity index (χ1) is 4.22. The fourth-order valence-corrected chi connectivity index (χ4v) is 0.728. The maximum atomic E-state index is 4.15. The molecule has 0 saturated heterocycles. The molecule has 9 heavy (non-hydrogen) atoms. The summed E-state index contributed by atoms with van der Waals surface area (Å²) in [6.07, 6.45) is 1.82. The first-order valence-electron chi connectivity index (χ1n) is 3.47. The fourth-order valence-electron chi connectivity index (χ4n) is 0.728. The van der Waals surface area contributed by atoms with Crippen molar-refractivity contribution in [1.82, 2.24) is 5.01 Å². The molecule has 0 bridgehead atoms. The van der Waals surface area contributed by atoms with Crippen LogP contribution in [0.5, 0.6) is 0 Å². The van der Waals surface area contributed by atoms with Gasteiger partial charge in [0, 0.05) is 18.8 Å². The summed E-state index contributed by atoms with van der Waals surface area (Å²) in [4.78, 5) is 0. The van der Waals surface area contributed by atoms with Crippen LogP contribution in [0.25, 0.3) is 0 Å². The zero-order valence-electron chi connectivity index (χ0n) is 6.76. The lowest BCUT2D eigenvalue weighted by Gasteiger charge is -2.20. The summed E-state index contributed by atoms with van der Waals surface area (Å²) >= 11 is 0. The van der Waals surface area contributed by atoms with E-state index in [4.69, 9.17) is 0 Å². The second-order valence-electron chi connectivity index (χ2n) is 2.22. The SMILES string of the molecule is C/C=N\N(CC)C(C)C. The standard InChI is InChI=1S/C7H16N2/c1-5-8-9(6-2)7(3)4/h5,7H,6H2,1-4H3/b8-5-. The van der Waals surface area contributed by atoms with E-state index in [0.29, 0.717) is 6.04 Å². The number of rotatable bonds is 3. The van der Waals surface area contributed by atoms with Gasteiger partial charge in [0.2, 0.25) is 0 Å². The summed E-state index contributed by atoms with van der Waals surface area (Å²) in [5, 5.41) is 6.19. The highest BCUT2D eigenvalue weighted by atomic mass is 15.5. The predicted octanol–water partition coefficient (Wildman–Crippen LogP) is 1.72. The minimum absolute atomic E-state index is 0.520. The van der Waals surface area contributed by atoms with E-state index in [0.717, 1.165) is 6.54 Å². The number of hydrazone groups is 1. The van der Waals surface area contributed by atoms with Crippen molar-refractivity contribution < 1.29 is 0 Å². The highest BCUT2D eigenvalue weighted by Gasteiger charge is 1.99. The van der Waals surface area contributed by atoms with Crippen LogP contribution in [0.4, 0.5) is 0 Å². The molecule has 0 aliphatic rings. The van der Waals surface area contributed by atoms with E-state index < -0.39 is 0 Å². The van der Waals surface area contributed by atoms with Crippen molar-refractivity contribution in [1.29, 1.82) is 0 Å². The van der Waals surface area contributed by atoms with Gasteiger partial charge in [0.15, 0.2) is 0 Å². The van der Waals surface area contributed by atoms with E-state index >= 15 is 0 Å². The van der Waals surface area contributed by atoms with Crippen LogP contribution in [0.15, 0.2) is 5.10 Å². The average molecular weight is 128 g/mol. The predicted molar refractivity (Wildman–Crippen MR) is 41.7 cm³/mol. The summed E-state index contributed by atoms with van der Waals surface area (Å²) in [7, 11) is 0. The Morgan fingerprint density at radius 1 is 1.56 bits per heavy atom. The Morgan fingerprint density at radius 2 is 2.11 bits per heavy atom. The van der Waals surface area contributed by atoms with Crippen LogP contribution in [0, 0.1) is 0 Å². The van der Waals surface area contributed by atoms with Gasteiger partial charge in [0.05, 0.1) is 0 Å². The molecule has 2 heteroatoms. The Bertz CT molecular complexity index is 86.9. The Hall–Kier alpha value is -0.530. The third-order valence-corrected chi connectivity index (χ3v) is 1.18. The average Bonchev–Trinajstić information content (AvgIpc) is 1.82. The van der Waals surface area contributed by atoms with Crippen LogP contribution in [0.2, 0.25) is 0 Å². The van der Waals surface area contributed by atoms with Gasteiger partial charge in [-0.1, -0.05) is 0 Å². The Labute approximate surface area is 57.6 Å². The van der Waals surface area contributed by atoms with Crippen LogP contribution < -0.4 is 0 Å². The van der Waals surface area contributed by atoms with Gasteiger partial charge in [-0.2, -0.15) is 5.10 Å². The molecule has 0 amide bonds. The van der Waals surface area contributed by atoms with E-state index in [1.165, 1.54) is 0 Å². The molecule has 0 unspecified atom stereocenters. The molecule has 0 heterocycles. The smallest absolute Gasteiger partial charge is 0.0414 e. The third-order valence-electron chi connectivity index (χ3n) is 1.18. The minimum atomic E-state index is 0.520. The summed E-state index contributed by atoms with van der Waals surface area (Å²) in [6, 6.07) is 0.520. The van der Waals surface area contributed by atoms with Gasteiger partial charge in [-0.25, -0.2) is 0 Å². The van der Waals surface area contributed by atoms with E-state index in [-0.39, 0.29) is 0 Å². The van der Waals surface area contributed by atoms with Crippen molar-refractivity contribution in [3.63, 3.8) is 0 Å². The summed E-state index contributed by atoms with van der Waals surface area (Å²) in [5.41, 5.74) is 0. The molecule has 0 radical (unpaired) electrons. The van der Waals surface area contributed by atoms with Crippen molar-refractivity contribution in [3.8, 4) is 0 Å². The lowest BCUT2D eigenvalue weighted by Crippen LogP contribution is -2.24. The molecule has 54 valence electrons. The van der Waals surface area contributed by atoms with Crippen LogP contribution in [0.1, 0.15) is 27.7 Å². The Balaban J connectivity index is 3.68. The molecule has 0 N–H and O–H groups in total. The second-order valence-corrected chi connectivity index (χ2v) is 2.22. The third kappa shape index (κ3) is 3.12. The first kappa shape index (κ1) is 8.47. The van der Waals surface area contributed by atoms with Crippen molar-refractivity contribution in [2.24, 2.45) is 5.10 Å². The fraction of sp³-hybridized carbons (Fsp3) is 0.857. The monoisotopic (exact) mass is 128 g/mol. The van der Waals surface area contributed by atoms with Gasteiger partial charge in [0.25, 0.3) is 0 Å². The minimum Gasteiger partial charge on any atom is -0.295 e. The highest BCUT2D eigenvalue weighted by Crippen LogP contribution is 1.95. The molecule has 0 rings (SSSR count). The van der Waals surface area contributed by atoms with Crippen molar-refractivity contribution in [2.45, 2.75) is 33.7 Å². The Morgan fingerprint density at radius 3 is 2.22 bits per heavy atom. The van der Waals surface area contributed by atoms with Crippen LogP contribution >= 0.6 is 0 Å². The molecule has 0 aromatic carbocycles. The quantitative estimate of drug-likeness (QED) is 0.417. The lowest BCUT2D eigenvalue weighted by atomic mass is 10.4. The topological polar surface area (TPSA) is 15.6 Å². The zero-order valence-corrected chi connectivity index (χ0v) is 6.76. The van der Waals surface area contributed by atoms with Gasteiger partial charge in [-0.3, -0.25) is 5.01 Å². The van der Waals surface area contributed by atoms with Crippen LogP contribution in [-0.4, -0.2) is 23.8 Å². The molecular weight excluding hydrogens is 112 g/mol. The van der Waals surface area contributed by atoms with Gasteiger partial charge in [-0.15, -0.1) is 0 Å². The first-order valence-corrected chi connectivity index (χ1v) is 3.47. The van der Waals surface area contributed by atoms with Gasteiger partial charge in [0.1, 0.15) is 0 Å². The van der Waals surface area contributed by atoms with Crippen molar-refractivity contribution >= 4 is 6.21 Å². The number of nitrogens with zero attached hydrogens (tertiary/aromatic N) is 2. The number of hydrogen-bond acceptors (Lipinski definition) is 2. The summed E-state index contributed by atoms with van der Waals surface area (Å²) < 4.78 is 0. The molecule has 2 nitrogen and oxygen atoms in total. The molecule has 0 saturated carbocycles. The van der Waals surface area contributed by atoms with Crippen molar-refractivity contribution in [2.75, 3.05) is 6.54 Å². The maximum Gasteiger partial charge on any atom is 0.0414 e. The number of hydrogen-bond donors (Lipinski definition) is 0. The van der Waals surface area contributed by atoms with E-state index in [2.05, 4.69) is 25.9 Å². The second kappa shape index (κ2) is 4.36. The van der Waals surface area contributed by atoms with Crippen molar-refractivity contribution in [3.05, 3.63) is 0 Å².